The van der Waals surface area contributed by atoms with E-state index in [9.17, 15) is 4.79 Å². The van der Waals surface area contributed by atoms with Crippen molar-refractivity contribution in [2.75, 3.05) is 25.5 Å². The van der Waals surface area contributed by atoms with Crippen molar-refractivity contribution in [3.05, 3.63) is 40.7 Å². The van der Waals surface area contributed by atoms with Gasteiger partial charge in [-0.3, -0.25) is 9.69 Å². The van der Waals surface area contributed by atoms with Crippen LogP contribution in [0.2, 0.25) is 5.02 Å². The highest BCUT2D eigenvalue weighted by molar-refractivity contribution is 6.32. The van der Waals surface area contributed by atoms with Crippen LogP contribution >= 0.6 is 11.6 Å². The maximum absolute atomic E-state index is 12.4. The van der Waals surface area contributed by atoms with Gasteiger partial charge in [0, 0.05) is 17.8 Å². The van der Waals surface area contributed by atoms with Crippen molar-refractivity contribution >= 4 is 23.2 Å². The fraction of sp³-hybridized carbons (Fsp3) is 0.412. The summed E-state index contributed by atoms with van der Waals surface area (Å²) in [6, 6.07) is 7.21. The highest BCUT2D eigenvalue weighted by Crippen LogP contribution is 2.32. The van der Waals surface area contributed by atoms with Crippen LogP contribution in [0.25, 0.3) is 0 Å². The molecule has 7 heteroatoms. The van der Waals surface area contributed by atoms with E-state index in [2.05, 4.69) is 15.4 Å². The number of hydrogen-bond donors (Lipinski definition) is 1. The molecule has 1 aromatic carbocycles. The number of likely N-dealkylation sites (tertiary alicyclic amines) is 1. The molecule has 0 spiro atoms. The number of rotatable bonds is 5. The topological polar surface area (TPSA) is 67.6 Å². The molecule has 0 bridgehead atoms. The molecule has 24 heavy (non-hydrogen) atoms. The van der Waals surface area contributed by atoms with Crippen molar-refractivity contribution in [3.8, 4) is 5.75 Å². The molecule has 1 aliphatic heterocycles. The van der Waals surface area contributed by atoms with Crippen LogP contribution < -0.4 is 10.1 Å². The van der Waals surface area contributed by atoms with E-state index < -0.39 is 0 Å². The second kappa shape index (κ2) is 7.23. The maximum atomic E-state index is 12.4. The Kier molecular flexibility index (Phi) is 5.06. The van der Waals surface area contributed by atoms with Crippen LogP contribution in [-0.4, -0.2) is 36.2 Å². The minimum atomic E-state index is -0.0810. The van der Waals surface area contributed by atoms with E-state index >= 15 is 0 Å². The number of aromatic nitrogens is 1. The van der Waals surface area contributed by atoms with Gasteiger partial charge in [-0.1, -0.05) is 16.8 Å². The molecule has 1 aliphatic rings. The van der Waals surface area contributed by atoms with Crippen molar-refractivity contribution in [1.82, 2.24) is 10.1 Å². The standard InChI is InChI=1S/C17H20ClN3O3/c1-11-8-16(24-20-11)14-4-3-7-21(14)10-17(22)19-12-5-6-13(18)15(9-12)23-2/h5-6,8-9,14H,3-4,7,10H2,1-2H3,(H,19,22). The van der Waals surface area contributed by atoms with E-state index in [1.807, 2.05) is 13.0 Å². The molecule has 0 saturated carbocycles. The number of halogens is 1. The highest BCUT2D eigenvalue weighted by Gasteiger charge is 2.30. The monoisotopic (exact) mass is 349 g/mol. The van der Waals surface area contributed by atoms with Gasteiger partial charge >= 0.3 is 0 Å². The first-order valence-electron chi connectivity index (χ1n) is 7.87. The van der Waals surface area contributed by atoms with Crippen LogP contribution in [0.4, 0.5) is 5.69 Å². The van der Waals surface area contributed by atoms with E-state index in [4.69, 9.17) is 20.9 Å². The first-order valence-corrected chi connectivity index (χ1v) is 8.25. The van der Waals surface area contributed by atoms with Gasteiger partial charge in [0.25, 0.3) is 0 Å². The summed E-state index contributed by atoms with van der Waals surface area (Å²) in [5.74, 6) is 1.28. The highest BCUT2D eigenvalue weighted by atomic mass is 35.5. The third-order valence-corrected chi connectivity index (χ3v) is 4.43. The number of carbonyl (C=O) groups is 1. The van der Waals surface area contributed by atoms with Gasteiger partial charge in [-0.05, 0) is 38.4 Å². The van der Waals surface area contributed by atoms with E-state index in [-0.39, 0.29) is 11.9 Å². The maximum Gasteiger partial charge on any atom is 0.238 e. The first kappa shape index (κ1) is 16.8. The number of amides is 1. The summed E-state index contributed by atoms with van der Waals surface area (Å²) < 4.78 is 10.5. The lowest BCUT2D eigenvalue weighted by Gasteiger charge is -2.21. The number of nitrogens with one attached hydrogen (secondary N) is 1. The second-order valence-electron chi connectivity index (χ2n) is 5.90. The molecule has 1 saturated heterocycles. The number of carbonyl (C=O) groups excluding carboxylic acids is 1. The quantitative estimate of drug-likeness (QED) is 0.895. The number of aryl methyl sites for hydroxylation is 1. The zero-order chi connectivity index (χ0) is 17.1. The Morgan fingerprint density at radius 2 is 2.33 bits per heavy atom. The number of hydrogen-bond acceptors (Lipinski definition) is 5. The Morgan fingerprint density at radius 1 is 1.50 bits per heavy atom. The average molecular weight is 350 g/mol. The molecule has 1 amide bonds. The Hall–Kier alpha value is -2.05. The summed E-state index contributed by atoms with van der Waals surface area (Å²) in [5, 5.41) is 7.33. The number of anilines is 1. The SMILES string of the molecule is COc1cc(NC(=O)CN2CCCC2c2cc(C)no2)ccc1Cl. The Balaban J connectivity index is 1.64. The Labute approximate surface area is 145 Å². The molecule has 2 heterocycles. The van der Waals surface area contributed by atoms with Crippen LogP contribution in [0, 0.1) is 6.92 Å². The molecule has 1 unspecified atom stereocenters. The number of methoxy groups -OCH3 is 1. The predicted molar refractivity (Wildman–Crippen MR) is 91.4 cm³/mol. The fourth-order valence-electron chi connectivity index (χ4n) is 3.00. The molecular weight excluding hydrogens is 330 g/mol. The Bertz CT molecular complexity index is 732. The van der Waals surface area contributed by atoms with Crippen molar-refractivity contribution in [1.29, 1.82) is 0 Å². The van der Waals surface area contributed by atoms with Gasteiger partial charge in [0.1, 0.15) is 5.75 Å². The van der Waals surface area contributed by atoms with Gasteiger partial charge in [-0.15, -0.1) is 0 Å². The second-order valence-corrected chi connectivity index (χ2v) is 6.30. The van der Waals surface area contributed by atoms with Crippen molar-refractivity contribution in [2.45, 2.75) is 25.8 Å². The van der Waals surface area contributed by atoms with Crippen LogP contribution in [0.5, 0.6) is 5.75 Å². The molecule has 1 fully saturated rings. The van der Waals surface area contributed by atoms with Gasteiger partial charge in [0.2, 0.25) is 5.91 Å². The fourth-order valence-corrected chi connectivity index (χ4v) is 3.20. The van der Waals surface area contributed by atoms with E-state index in [0.29, 0.717) is 23.0 Å². The molecule has 6 nitrogen and oxygen atoms in total. The first-order chi connectivity index (χ1) is 11.6. The Morgan fingerprint density at radius 3 is 3.04 bits per heavy atom. The molecule has 128 valence electrons. The summed E-state index contributed by atoms with van der Waals surface area (Å²) in [6.07, 6.45) is 2.00. The normalized spacial score (nSPS) is 17.9. The zero-order valence-corrected chi connectivity index (χ0v) is 14.5. The predicted octanol–water partition coefficient (Wildman–Crippen LogP) is 3.42. The summed E-state index contributed by atoms with van der Waals surface area (Å²) in [5.41, 5.74) is 1.52. The summed E-state index contributed by atoms with van der Waals surface area (Å²) >= 11 is 6.00. The smallest absolute Gasteiger partial charge is 0.238 e. The minimum Gasteiger partial charge on any atom is -0.495 e. The molecule has 1 aromatic heterocycles. The number of ether oxygens (including phenoxy) is 1. The van der Waals surface area contributed by atoms with Crippen molar-refractivity contribution in [2.24, 2.45) is 0 Å². The van der Waals surface area contributed by atoms with Gasteiger partial charge in [0.05, 0.1) is 30.4 Å². The molecule has 3 rings (SSSR count). The molecule has 1 atom stereocenters. The van der Waals surface area contributed by atoms with E-state index in [0.717, 1.165) is 30.8 Å². The summed E-state index contributed by atoms with van der Waals surface area (Å²) in [7, 11) is 1.54. The lowest BCUT2D eigenvalue weighted by molar-refractivity contribution is -0.117. The van der Waals surface area contributed by atoms with Crippen LogP contribution in [0.3, 0.4) is 0 Å². The van der Waals surface area contributed by atoms with Gasteiger partial charge in [0.15, 0.2) is 5.76 Å². The number of nitrogens with zero attached hydrogens (tertiary/aromatic N) is 2. The lowest BCUT2D eigenvalue weighted by Crippen LogP contribution is -2.32. The molecular formula is C17H20ClN3O3. The number of benzene rings is 1. The minimum absolute atomic E-state index is 0.0810. The summed E-state index contributed by atoms with van der Waals surface area (Å²) in [6.45, 7) is 3.06. The van der Waals surface area contributed by atoms with Crippen molar-refractivity contribution in [3.63, 3.8) is 0 Å². The van der Waals surface area contributed by atoms with E-state index in [1.165, 1.54) is 0 Å². The third kappa shape index (κ3) is 3.71. The molecule has 0 radical (unpaired) electrons. The third-order valence-electron chi connectivity index (χ3n) is 4.12. The zero-order valence-electron chi connectivity index (χ0n) is 13.7. The van der Waals surface area contributed by atoms with Gasteiger partial charge < -0.3 is 14.6 Å². The van der Waals surface area contributed by atoms with Gasteiger partial charge in [-0.2, -0.15) is 0 Å². The van der Waals surface area contributed by atoms with Gasteiger partial charge in [-0.25, -0.2) is 0 Å². The summed E-state index contributed by atoms with van der Waals surface area (Å²) in [4.78, 5) is 14.5. The van der Waals surface area contributed by atoms with E-state index in [1.54, 1.807) is 25.3 Å². The largest absolute Gasteiger partial charge is 0.495 e. The molecule has 0 aliphatic carbocycles. The van der Waals surface area contributed by atoms with Crippen LogP contribution in [0.1, 0.15) is 30.3 Å². The lowest BCUT2D eigenvalue weighted by atomic mass is 10.1. The molecule has 2 aromatic rings. The molecule has 1 N–H and O–H groups in total. The van der Waals surface area contributed by atoms with Crippen molar-refractivity contribution < 1.29 is 14.1 Å². The van der Waals surface area contributed by atoms with Crippen LogP contribution in [-0.2, 0) is 4.79 Å². The average Bonchev–Trinajstić information content (AvgIpc) is 3.17. The van der Waals surface area contributed by atoms with Crippen LogP contribution in [0.15, 0.2) is 28.8 Å².